The van der Waals surface area contributed by atoms with Crippen molar-refractivity contribution in [3.63, 3.8) is 0 Å². The van der Waals surface area contributed by atoms with Gasteiger partial charge in [0, 0.05) is 46.9 Å². The van der Waals surface area contributed by atoms with Gasteiger partial charge in [-0.2, -0.15) is 0 Å². The van der Waals surface area contributed by atoms with Gasteiger partial charge in [0.25, 0.3) is 0 Å². The number of hydrogen-bond acceptors (Lipinski definition) is 3. The lowest BCUT2D eigenvalue weighted by atomic mass is 10.00. The van der Waals surface area contributed by atoms with Gasteiger partial charge in [0.2, 0.25) is 0 Å². The fourth-order valence-electron chi connectivity index (χ4n) is 6.51. The Bertz CT molecular complexity index is 2540. The van der Waals surface area contributed by atoms with E-state index in [1.165, 1.54) is 30.9 Å². The normalized spacial score (nSPS) is 12.2. The molecular formula is C40H25O2PS. The van der Waals surface area contributed by atoms with Crippen molar-refractivity contribution in [2.24, 2.45) is 0 Å². The molecule has 0 N–H and O–H groups in total. The van der Waals surface area contributed by atoms with E-state index >= 15 is 4.57 Å². The topological polar surface area (TPSA) is 30.2 Å². The molecular weight excluding hydrogens is 575 g/mol. The standard InChI is InChI=1S/C40H25O2PS/c41-43(30-11-3-1-4-12-30,31-13-5-2-6-14-31)32-17-19-38-34(25-32)33-21-28(15-18-37(33)42-38)29-16-20-39-35(23-29)36-22-26-9-7-8-10-27(26)24-40(36)44-39/h1-25H. The molecule has 2 nitrogen and oxygen atoms in total. The number of rotatable bonds is 4. The highest BCUT2D eigenvalue weighted by atomic mass is 32.1. The van der Waals surface area contributed by atoms with E-state index in [0.29, 0.717) is 0 Å². The molecule has 0 spiro atoms. The van der Waals surface area contributed by atoms with Gasteiger partial charge in [-0.05, 0) is 76.5 Å². The molecule has 0 atom stereocenters. The smallest absolute Gasteiger partial charge is 0.171 e. The number of furan rings is 1. The molecule has 0 bridgehead atoms. The van der Waals surface area contributed by atoms with Crippen LogP contribution in [0.2, 0.25) is 0 Å². The van der Waals surface area contributed by atoms with E-state index in [9.17, 15) is 0 Å². The Morgan fingerprint density at radius 2 is 0.977 bits per heavy atom. The highest BCUT2D eigenvalue weighted by molar-refractivity contribution is 7.85. The molecule has 2 heterocycles. The monoisotopic (exact) mass is 600 g/mol. The molecule has 0 radical (unpaired) electrons. The summed E-state index contributed by atoms with van der Waals surface area (Å²) in [6, 6.07) is 52.0. The van der Waals surface area contributed by atoms with Gasteiger partial charge < -0.3 is 8.98 Å². The van der Waals surface area contributed by atoms with E-state index in [1.807, 2.05) is 84.1 Å². The third-order valence-electron chi connectivity index (χ3n) is 8.73. The highest BCUT2D eigenvalue weighted by Gasteiger charge is 2.30. The Hall–Kier alpha value is -4.95. The molecule has 7 aromatic carbocycles. The summed E-state index contributed by atoms with van der Waals surface area (Å²) in [5.41, 5.74) is 3.90. The summed E-state index contributed by atoms with van der Waals surface area (Å²) in [6.45, 7) is 0. The molecule has 0 aliphatic rings. The van der Waals surface area contributed by atoms with Crippen LogP contribution in [-0.2, 0) is 4.57 Å². The quantitative estimate of drug-likeness (QED) is 0.188. The van der Waals surface area contributed by atoms with Gasteiger partial charge in [-0.25, -0.2) is 0 Å². The van der Waals surface area contributed by atoms with Crippen molar-refractivity contribution >= 4 is 87.3 Å². The summed E-state index contributed by atoms with van der Waals surface area (Å²) in [7, 11) is -3.11. The van der Waals surface area contributed by atoms with Crippen LogP contribution in [0.4, 0.5) is 0 Å². The van der Waals surface area contributed by atoms with Gasteiger partial charge in [0.05, 0.1) is 0 Å². The molecule has 0 saturated carbocycles. The Labute approximate surface area is 258 Å². The summed E-state index contributed by atoms with van der Waals surface area (Å²) >= 11 is 1.84. The summed E-state index contributed by atoms with van der Waals surface area (Å²) in [5.74, 6) is 0. The van der Waals surface area contributed by atoms with Crippen molar-refractivity contribution in [3.8, 4) is 11.1 Å². The van der Waals surface area contributed by atoms with E-state index in [2.05, 4.69) is 78.9 Å². The fourth-order valence-corrected chi connectivity index (χ4v) is 10.3. The number of thiophene rings is 1. The molecule has 44 heavy (non-hydrogen) atoms. The van der Waals surface area contributed by atoms with Crippen LogP contribution in [0.1, 0.15) is 0 Å². The van der Waals surface area contributed by atoms with Crippen LogP contribution in [0.15, 0.2) is 156 Å². The average molecular weight is 601 g/mol. The van der Waals surface area contributed by atoms with Crippen molar-refractivity contribution < 1.29 is 8.98 Å². The van der Waals surface area contributed by atoms with Crippen LogP contribution in [0.3, 0.4) is 0 Å². The molecule has 0 aliphatic heterocycles. The zero-order chi connectivity index (χ0) is 29.3. The Morgan fingerprint density at radius 1 is 0.432 bits per heavy atom. The average Bonchev–Trinajstić information content (AvgIpc) is 3.64. The predicted molar refractivity (Wildman–Crippen MR) is 189 cm³/mol. The largest absolute Gasteiger partial charge is 0.456 e. The Morgan fingerprint density at radius 3 is 1.68 bits per heavy atom. The zero-order valence-corrected chi connectivity index (χ0v) is 25.3. The predicted octanol–water partition coefficient (Wildman–Crippen LogP) is 10.4. The van der Waals surface area contributed by atoms with Gasteiger partial charge >= 0.3 is 0 Å². The zero-order valence-electron chi connectivity index (χ0n) is 23.6. The number of benzene rings is 7. The first-order valence-electron chi connectivity index (χ1n) is 14.7. The second-order valence-corrected chi connectivity index (χ2v) is 15.1. The van der Waals surface area contributed by atoms with Crippen LogP contribution in [0.5, 0.6) is 0 Å². The minimum atomic E-state index is -3.11. The van der Waals surface area contributed by atoms with Crippen LogP contribution in [0.25, 0.3) is 64.0 Å². The van der Waals surface area contributed by atoms with Gasteiger partial charge in [-0.3, -0.25) is 0 Å². The maximum Gasteiger partial charge on any atom is 0.171 e. The second-order valence-electron chi connectivity index (χ2n) is 11.3. The Kier molecular flexibility index (Phi) is 5.68. The Balaban J connectivity index is 1.22. The van der Waals surface area contributed by atoms with Crippen LogP contribution in [-0.4, -0.2) is 0 Å². The summed E-state index contributed by atoms with van der Waals surface area (Å²) in [6.07, 6.45) is 0. The number of hydrogen-bond donors (Lipinski definition) is 0. The lowest BCUT2D eigenvalue weighted by Gasteiger charge is -2.20. The highest BCUT2D eigenvalue weighted by Crippen LogP contribution is 2.44. The van der Waals surface area contributed by atoms with Crippen LogP contribution in [0, 0.1) is 0 Å². The minimum Gasteiger partial charge on any atom is -0.456 e. The van der Waals surface area contributed by atoms with Crippen molar-refractivity contribution in [3.05, 3.63) is 152 Å². The molecule has 4 heteroatoms. The van der Waals surface area contributed by atoms with E-state index in [1.54, 1.807) is 0 Å². The van der Waals surface area contributed by atoms with Gasteiger partial charge in [0.1, 0.15) is 11.2 Å². The first kappa shape index (κ1) is 25.5. The van der Waals surface area contributed by atoms with E-state index in [0.717, 1.165) is 49.0 Å². The third kappa shape index (κ3) is 3.90. The van der Waals surface area contributed by atoms with Crippen LogP contribution < -0.4 is 15.9 Å². The summed E-state index contributed by atoms with van der Waals surface area (Å²) in [5, 5.41) is 9.54. The molecule has 208 valence electrons. The van der Waals surface area contributed by atoms with Crippen molar-refractivity contribution in [2.45, 2.75) is 0 Å². The van der Waals surface area contributed by atoms with Crippen molar-refractivity contribution in [2.75, 3.05) is 0 Å². The van der Waals surface area contributed by atoms with Gasteiger partial charge in [-0.15, -0.1) is 11.3 Å². The third-order valence-corrected chi connectivity index (χ3v) is 12.9. The van der Waals surface area contributed by atoms with E-state index in [-0.39, 0.29) is 0 Å². The molecule has 0 unspecified atom stereocenters. The SMILES string of the molecule is O=P(c1ccccc1)(c1ccccc1)c1ccc2oc3ccc(-c4ccc5sc6cc7ccccc7cc6c5c4)cc3c2c1. The van der Waals surface area contributed by atoms with Crippen molar-refractivity contribution in [1.29, 1.82) is 0 Å². The molecule has 0 amide bonds. The van der Waals surface area contributed by atoms with Gasteiger partial charge in [0.15, 0.2) is 7.14 Å². The lowest BCUT2D eigenvalue weighted by molar-refractivity contribution is 0.592. The molecule has 2 aromatic heterocycles. The fraction of sp³-hybridized carbons (Fsp3) is 0. The lowest BCUT2D eigenvalue weighted by Crippen LogP contribution is -2.24. The van der Waals surface area contributed by atoms with Crippen LogP contribution >= 0.6 is 18.5 Å². The minimum absolute atomic E-state index is 0.791. The maximum absolute atomic E-state index is 15.1. The second kappa shape index (κ2) is 9.79. The molecule has 0 aliphatic carbocycles. The summed E-state index contributed by atoms with van der Waals surface area (Å²) < 4.78 is 24.0. The number of fused-ring (bicyclic) bond motifs is 7. The van der Waals surface area contributed by atoms with Gasteiger partial charge in [-0.1, -0.05) is 97.1 Å². The van der Waals surface area contributed by atoms with Crippen molar-refractivity contribution in [1.82, 2.24) is 0 Å². The van der Waals surface area contributed by atoms with E-state index < -0.39 is 7.14 Å². The molecule has 0 fully saturated rings. The molecule has 0 saturated heterocycles. The molecule has 9 rings (SSSR count). The van der Waals surface area contributed by atoms with E-state index in [4.69, 9.17) is 4.42 Å². The first-order valence-corrected chi connectivity index (χ1v) is 17.2. The summed E-state index contributed by atoms with van der Waals surface area (Å²) in [4.78, 5) is 0. The first-order chi connectivity index (χ1) is 21.6. The molecule has 9 aromatic rings. The maximum atomic E-state index is 15.1.